The van der Waals surface area contributed by atoms with Crippen LogP contribution in [0.25, 0.3) is 10.9 Å². The minimum Gasteiger partial charge on any atom is -0.322 e. The number of pyridine rings is 1. The number of nitrogens with zero attached hydrogens (tertiary/aromatic N) is 5. The van der Waals surface area contributed by atoms with Crippen molar-refractivity contribution in [3.8, 4) is 0 Å². The van der Waals surface area contributed by atoms with Gasteiger partial charge in [0.25, 0.3) is 5.56 Å². The molecule has 3 aromatic carbocycles. The summed E-state index contributed by atoms with van der Waals surface area (Å²) in [6.07, 6.45) is 1.57. The van der Waals surface area contributed by atoms with Gasteiger partial charge in [-0.1, -0.05) is 55.5 Å². The highest BCUT2D eigenvalue weighted by Crippen LogP contribution is 2.26. The fourth-order valence-corrected chi connectivity index (χ4v) is 5.24. The van der Waals surface area contributed by atoms with E-state index in [1.807, 2.05) is 37.3 Å². The molecule has 39 heavy (non-hydrogen) atoms. The summed E-state index contributed by atoms with van der Waals surface area (Å²) in [7, 11) is 0. The van der Waals surface area contributed by atoms with Gasteiger partial charge in [-0.2, -0.15) is 0 Å². The summed E-state index contributed by atoms with van der Waals surface area (Å²) >= 11 is 0. The van der Waals surface area contributed by atoms with Crippen LogP contribution in [0.3, 0.4) is 0 Å². The van der Waals surface area contributed by atoms with Crippen molar-refractivity contribution < 1.29 is 4.39 Å². The molecular weight excluding hydrogens is 491 g/mol. The molecule has 2 heterocycles. The van der Waals surface area contributed by atoms with Gasteiger partial charge in [-0.15, -0.1) is 5.10 Å². The molecule has 0 saturated carbocycles. The first-order valence-corrected chi connectivity index (χ1v) is 13.3. The topological polar surface area (TPSA) is 79.7 Å². The van der Waals surface area contributed by atoms with Crippen molar-refractivity contribution in [2.45, 2.75) is 52.7 Å². The number of hydrogen-bond donors (Lipinski definition) is 1. The standard InChI is InChI=1S/C31H33FN6O/c1-4-29(30-34-35-36-38(30)19-24-10-12-26(32)13-11-24)37(15-14-23-8-6-5-7-9-23)20-25-18-27-22(3)16-21(2)17-28(27)33-31(25)39/h5-13,16-18,29H,4,14-15,19-20H2,1-3H3,(H,33,39)/t29-/m0/s1. The van der Waals surface area contributed by atoms with Crippen molar-refractivity contribution in [3.05, 3.63) is 123 Å². The van der Waals surface area contributed by atoms with Crippen LogP contribution in [0.1, 0.15) is 53.0 Å². The summed E-state index contributed by atoms with van der Waals surface area (Å²) in [6, 6.07) is 22.7. The second kappa shape index (κ2) is 11.7. The molecule has 0 fully saturated rings. The van der Waals surface area contributed by atoms with Gasteiger partial charge in [-0.25, -0.2) is 9.07 Å². The number of H-pyrrole nitrogens is 1. The van der Waals surface area contributed by atoms with E-state index in [1.54, 1.807) is 16.8 Å². The Bertz CT molecular complexity index is 1610. The van der Waals surface area contributed by atoms with Crippen LogP contribution in [0.5, 0.6) is 0 Å². The van der Waals surface area contributed by atoms with Gasteiger partial charge in [0.1, 0.15) is 5.82 Å². The van der Waals surface area contributed by atoms with Crippen LogP contribution in [0.4, 0.5) is 4.39 Å². The third-order valence-electron chi connectivity index (χ3n) is 7.22. The third-order valence-corrected chi connectivity index (χ3v) is 7.22. The highest BCUT2D eigenvalue weighted by Gasteiger charge is 2.26. The van der Waals surface area contributed by atoms with Gasteiger partial charge in [-0.3, -0.25) is 9.69 Å². The lowest BCUT2D eigenvalue weighted by molar-refractivity contribution is 0.172. The number of hydrogen-bond acceptors (Lipinski definition) is 5. The number of tetrazole rings is 1. The van der Waals surface area contributed by atoms with Crippen molar-refractivity contribution in [1.82, 2.24) is 30.1 Å². The van der Waals surface area contributed by atoms with Crippen LogP contribution in [-0.2, 0) is 19.5 Å². The molecule has 0 radical (unpaired) electrons. The lowest BCUT2D eigenvalue weighted by atomic mass is 10.0. The van der Waals surface area contributed by atoms with Crippen molar-refractivity contribution >= 4 is 10.9 Å². The van der Waals surface area contributed by atoms with E-state index < -0.39 is 0 Å². The average Bonchev–Trinajstić information content (AvgIpc) is 3.37. The van der Waals surface area contributed by atoms with Crippen LogP contribution in [0, 0.1) is 19.7 Å². The number of fused-ring (bicyclic) bond motifs is 1. The first kappa shape index (κ1) is 26.4. The zero-order chi connectivity index (χ0) is 27.4. The lowest BCUT2D eigenvalue weighted by Gasteiger charge is -2.30. The van der Waals surface area contributed by atoms with E-state index in [0.717, 1.165) is 52.8 Å². The monoisotopic (exact) mass is 524 g/mol. The van der Waals surface area contributed by atoms with E-state index in [-0.39, 0.29) is 17.4 Å². The van der Waals surface area contributed by atoms with Gasteiger partial charge in [0.2, 0.25) is 0 Å². The Morgan fingerprint density at radius 3 is 2.51 bits per heavy atom. The Morgan fingerprint density at radius 1 is 1.00 bits per heavy atom. The maximum absolute atomic E-state index is 13.5. The second-order valence-corrected chi connectivity index (χ2v) is 10.1. The molecule has 8 heteroatoms. The summed E-state index contributed by atoms with van der Waals surface area (Å²) in [5.74, 6) is 0.444. The SMILES string of the molecule is CC[C@@H](c1nnnn1Cc1ccc(F)cc1)N(CCc1ccccc1)Cc1cc2c(C)cc(C)cc2[nH]c1=O. The Morgan fingerprint density at radius 2 is 1.77 bits per heavy atom. The van der Waals surface area contributed by atoms with E-state index in [4.69, 9.17) is 0 Å². The first-order valence-electron chi connectivity index (χ1n) is 13.3. The normalized spacial score (nSPS) is 12.3. The Hall–Kier alpha value is -4.17. The van der Waals surface area contributed by atoms with E-state index in [0.29, 0.717) is 18.7 Å². The van der Waals surface area contributed by atoms with Gasteiger partial charge in [0, 0.05) is 29.6 Å². The van der Waals surface area contributed by atoms with Gasteiger partial charge < -0.3 is 4.98 Å². The highest BCUT2D eigenvalue weighted by atomic mass is 19.1. The molecule has 0 saturated heterocycles. The van der Waals surface area contributed by atoms with Crippen molar-refractivity contribution in [3.63, 3.8) is 0 Å². The highest BCUT2D eigenvalue weighted by molar-refractivity contribution is 5.83. The Balaban J connectivity index is 1.49. The van der Waals surface area contributed by atoms with Gasteiger partial charge in [0.15, 0.2) is 5.82 Å². The largest absolute Gasteiger partial charge is 0.322 e. The van der Waals surface area contributed by atoms with E-state index in [1.165, 1.54) is 17.7 Å². The average molecular weight is 525 g/mol. The molecular formula is C31H33FN6O. The second-order valence-electron chi connectivity index (χ2n) is 10.1. The lowest BCUT2D eigenvalue weighted by Crippen LogP contribution is -2.34. The molecule has 0 unspecified atom stereocenters. The molecule has 1 atom stereocenters. The van der Waals surface area contributed by atoms with Crippen LogP contribution in [0.2, 0.25) is 0 Å². The fourth-order valence-electron chi connectivity index (χ4n) is 5.24. The van der Waals surface area contributed by atoms with Crippen LogP contribution in [0.15, 0.2) is 77.6 Å². The van der Waals surface area contributed by atoms with Gasteiger partial charge >= 0.3 is 0 Å². The van der Waals surface area contributed by atoms with E-state index >= 15 is 0 Å². The maximum atomic E-state index is 13.5. The van der Waals surface area contributed by atoms with Crippen LogP contribution < -0.4 is 5.56 Å². The molecule has 5 aromatic rings. The summed E-state index contributed by atoms with van der Waals surface area (Å²) in [5, 5.41) is 13.7. The van der Waals surface area contributed by atoms with Crippen molar-refractivity contribution in [2.24, 2.45) is 0 Å². The first-order chi connectivity index (χ1) is 18.9. The summed E-state index contributed by atoms with van der Waals surface area (Å²) in [6.45, 7) is 7.81. The van der Waals surface area contributed by atoms with E-state index in [9.17, 15) is 9.18 Å². The minimum absolute atomic E-state index is 0.0852. The number of rotatable bonds is 10. The fraction of sp³-hybridized carbons (Fsp3) is 0.290. The van der Waals surface area contributed by atoms with Crippen LogP contribution >= 0.6 is 0 Å². The van der Waals surface area contributed by atoms with Crippen molar-refractivity contribution in [2.75, 3.05) is 6.54 Å². The molecule has 7 nitrogen and oxygen atoms in total. The van der Waals surface area contributed by atoms with Gasteiger partial charge in [0.05, 0.1) is 12.6 Å². The summed E-state index contributed by atoms with van der Waals surface area (Å²) < 4.78 is 15.2. The number of aromatic nitrogens is 5. The molecule has 0 spiro atoms. The number of benzene rings is 3. The Kier molecular flexibility index (Phi) is 7.93. The molecule has 0 amide bonds. The summed E-state index contributed by atoms with van der Waals surface area (Å²) in [5.41, 5.74) is 5.86. The molecule has 1 N–H and O–H groups in total. The van der Waals surface area contributed by atoms with Crippen LogP contribution in [-0.4, -0.2) is 36.6 Å². The smallest absolute Gasteiger partial charge is 0.252 e. The predicted molar refractivity (Wildman–Crippen MR) is 151 cm³/mol. The Labute approximate surface area is 227 Å². The molecule has 5 rings (SSSR count). The summed E-state index contributed by atoms with van der Waals surface area (Å²) in [4.78, 5) is 18.6. The molecule has 0 aliphatic rings. The predicted octanol–water partition coefficient (Wildman–Crippen LogP) is 5.51. The number of aryl methyl sites for hydroxylation is 2. The maximum Gasteiger partial charge on any atom is 0.252 e. The zero-order valence-electron chi connectivity index (χ0n) is 22.6. The molecule has 200 valence electrons. The zero-order valence-corrected chi connectivity index (χ0v) is 22.6. The number of halogens is 1. The minimum atomic E-state index is -0.278. The van der Waals surface area contributed by atoms with E-state index in [2.05, 4.69) is 57.5 Å². The molecule has 2 aromatic heterocycles. The van der Waals surface area contributed by atoms with Gasteiger partial charge in [-0.05, 0) is 83.6 Å². The number of nitrogens with one attached hydrogen (secondary N) is 1. The molecule has 0 bridgehead atoms. The third kappa shape index (κ3) is 6.12. The quantitative estimate of drug-likeness (QED) is 0.260. The number of aromatic amines is 1. The molecule has 0 aliphatic heterocycles. The molecule has 0 aliphatic carbocycles. The van der Waals surface area contributed by atoms with Crippen molar-refractivity contribution in [1.29, 1.82) is 0 Å².